The number of benzene rings is 2. The van der Waals surface area contributed by atoms with E-state index >= 15 is 0 Å². The van der Waals surface area contributed by atoms with Crippen molar-refractivity contribution >= 4 is 0 Å². The van der Waals surface area contributed by atoms with Gasteiger partial charge in [-0.25, -0.2) is 0 Å². The van der Waals surface area contributed by atoms with Crippen LogP contribution in [0.1, 0.15) is 93.7 Å². The summed E-state index contributed by atoms with van der Waals surface area (Å²) in [6.45, 7) is 0. The van der Waals surface area contributed by atoms with E-state index in [2.05, 4.69) is 54.6 Å². The molecule has 0 amide bonds. The Labute approximate surface area is 194 Å². The SMILES string of the molecule is c1ccc(C23C[C@H]4C[C@@H](C2)CC(c2ccc(C56CC7CC(CC(C7)C5)C6)cc2)(C4)C3)cc1. The zero-order chi connectivity index (χ0) is 21.0. The van der Waals surface area contributed by atoms with Crippen LogP contribution in [0, 0.1) is 29.6 Å². The average Bonchev–Trinajstić information content (AvgIpc) is 2.78. The van der Waals surface area contributed by atoms with E-state index in [0.29, 0.717) is 16.2 Å². The third-order valence-electron chi connectivity index (χ3n) is 11.6. The van der Waals surface area contributed by atoms with Gasteiger partial charge < -0.3 is 0 Å². The smallest absolute Gasteiger partial charge is 0.00332 e. The monoisotopic (exact) mass is 422 g/mol. The molecule has 4 atom stereocenters. The van der Waals surface area contributed by atoms with Gasteiger partial charge in [-0.3, -0.25) is 0 Å². The summed E-state index contributed by atoms with van der Waals surface area (Å²) in [4.78, 5) is 0. The molecule has 2 unspecified atom stereocenters. The molecule has 0 nitrogen and oxygen atoms in total. The van der Waals surface area contributed by atoms with Crippen molar-refractivity contribution in [2.45, 2.75) is 93.3 Å². The number of hydrogen-bond donors (Lipinski definition) is 0. The van der Waals surface area contributed by atoms with Gasteiger partial charge in [-0.15, -0.1) is 0 Å². The Morgan fingerprint density at radius 3 is 1.28 bits per heavy atom. The fourth-order valence-corrected chi connectivity index (χ4v) is 11.4. The summed E-state index contributed by atoms with van der Waals surface area (Å²) >= 11 is 0. The number of rotatable bonds is 3. The quantitative estimate of drug-likeness (QED) is 0.471. The molecular weight excluding hydrogens is 384 g/mol. The van der Waals surface area contributed by atoms with Crippen molar-refractivity contribution in [1.82, 2.24) is 0 Å². The minimum Gasteiger partial charge on any atom is -0.0622 e. The Kier molecular flexibility index (Phi) is 3.71. The molecule has 2 aromatic rings. The van der Waals surface area contributed by atoms with Crippen LogP contribution in [0.5, 0.6) is 0 Å². The maximum atomic E-state index is 2.62. The predicted molar refractivity (Wildman–Crippen MR) is 131 cm³/mol. The Balaban J connectivity index is 1.15. The summed E-state index contributed by atoms with van der Waals surface area (Å²) < 4.78 is 0. The summed E-state index contributed by atoms with van der Waals surface area (Å²) in [7, 11) is 0. The lowest BCUT2D eigenvalue weighted by Crippen LogP contribution is -2.56. The van der Waals surface area contributed by atoms with Gasteiger partial charge in [0, 0.05) is 0 Å². The topological polar surface area (TPSA) is 0 Å². The molecule has 2 aromatic carbocycles. The van der Waals surface area contributed by atoms with E-state index in [1.807, 2.05) is 0 Å². The third-order valence-corrected chi connectivity index (χ3v) is 11.6. The lowest BCUT2D eigenvalue weighted by atomic mass is 9.41. The van der Waals surface area contributed by atoms with E-state index in [1.165, 1.54) is 57.8 Å². The van der Waals surface area contributed by atoms with Crippen molar-refractivity contribution < 1.29 is 0 Å². The molecule has 8 saturated carbocycles. The second-order valence-corrected chi connectivity index (χ2v) is 13.7. The van der Waals surface area contributed by atoms with Gasteiger partial charge in [0.1, 0.15) is 0 Å². The highest BCUT2D eigenvalue weighted by atomic mass is 14.6. The van der Waals surface area contributed by atoms with Gasteiger partial charge in [0.25, 0.3) is 0 Å². The summed E-state index contributed by atoms with van der Waals surface area (Å²) in [6, 6.07) is 22.1. The van der Waals surface area contributed by atoms with Crippen molar-refractivity contribution in [3.63, 3.8) is 0 Å². The zero-order valence-electron chi connectivity index (χ0n) is 19.6. The van der Waals surface area contributed by atoms with E-state index in [0.717, 1.165) is 29.6 Å². The van der Waals surface area contributed by atoms with Crippen LogP contribution in [0.25, 0.3) is 0 Å². The highest BCUT2D eigenvalue weighted by Gasteiger charge is 2.58. The number of hydrogen-bond acceptors (Lipinski definition) is 0. The van der Waals surface area contributed by atoms with Crippen LogP contribution in [-0.2, 0) is 16.2 Å². The molecule has 0 aliphatic heterocycles. The fraction of sp³-hybridized carbons (Fsp3) is 0.625. The van der Waals surface area contributed by atoms with Crippen LogP contribution in [0.15, 0.2) is 54.6 Å². The normalized spacial score (nSPS) is 47.8. The Morgan fingerprint density at radius 1 is 0.406 bits per heavy atom. The van der Waals surface area contributed by atoms with Gasteiger partial charge in [-0.1, -0.05) is 54.6 Å². The molecular formula is C32H38. The van der Waals surface area contributed by atoms with Crippen LogP contribution >= 0.6 is 0 Å². The van der Waals surface area contributed by atoms with Crippen LogP contribution in [0.3, 0.4) is 0 Å². The van der Waals surface area contributed by atoms with Crippen molar-refractivity contribution in [2.75, 3.05) is 0 Å². The van der Waals surface area contributed by atoms with Crippen molar-refractivity contribution in [1.29, 1.82) is 0 Å². The van der Waals surface area contributed by atoms with Gasteiger partial charge in [-0.2, -0.15) is 0 Å². The van der Waals surface area contributed by atoms with Gasteiger partial charge in [-0.05, 0) is 140 Å². The molecule has 0 spiro atoms. The second-order valence-electron chi connectivity index (χ2n) is 13.7. The average molecular weight is 423 g/mol. The van der Waals surface area contributed by atoms with Crippen molar-refractivity contribution in [3.8, 4) is 0 Å². The minimum absolute atomic E-state index is 0.444. The molecule has 0 radical (unpaired) electrons. The lowest BCUT2D eigenvalue weighted by molar-refractivity contribution is -0.0282. The first-order valence-corrected chi connectivity index (χ1v) is 13.8. The maximum absolute atomic E-state index is 2.62. The standard InChI is InChI=1S/C32H38/c1-2-4-27(5-3-1)31-17-25-13-26(18-31)20-32(19-25,21-31)29-8-6-28(7-9-29)30-14-22-10-23(15-30)12-24(11-22)16-30/h1-9,22-26H,10-21H2/t22?,23?,24?,25-,26+,30?,31?,32?. The lowest BCUT2D eigenvalue weighted by Gasteiger charge is -2.63. The summed E-state index contributed by atoms with van der Waals surface area (Å²) in [6.07, 6.45) is 17.8. The van der Waals surface area contributed by atoms with E-state index in [-0.39, 0.29) is 0 Å². The fourth-order valence-electron chi connectivity index (χ4n) is 11.4. The van der Waals surface area contributed by atoms with E-state index in [1.54, 1.807) is 36.0 Å². The van der Waals surface area contributed by atoms with Gasteiger partial charge >= 0.3 is 0 Å². The molecule has 0 saturated heterocycles. The molecule has 8 aliphatic rings. The van der Waals surface area contributed by atoms with Gasteiger partial charge in [0.15, 0.2) is 0 Å². The molecule has 0 aromatic heterocycles. The van der Waals surface area contributed by atoms with Crippen LogP contribution in [0.2, 0.25) is 0 Å². The minimum atomic E-state index is 0.444. The zero-order valence-corrected chi connectivity index (χ0v) is 19.6. The molecule has 0 heteroatoms. The molecule has 32 heavy (non-hydrogen) atoms. The van der Waals surface area contributed by atoms with Crippen molar-refractivity contribution in [2.24, 2.45) is 29.6 Å². The molecule has 8 fully saturated rings. The largest absolute Gasteiger partial charge is 0.0622 e. The first-order chi connectivity index (χ1) is 15.6. The van der Waals surface area contributed by atoms with E-state index in [9.17, 15) is 0 Å². The third kappa shape index (κ3) is 2.56. The Hall–Kier alpha value is -1.56. The molecule has 166 valence electrons. The second kappa shape index (κ2) is 6.31. The summed E-state index contributed by atoms with van der Waals surface area (Å²) in [5, 5.41) is 0. The highest BCUT2D eigenvalue weighted by Crippen LogP contribution is 2.66. The molecule has 10 rings (SSSR count). The molecule has 8 aliphatic carbocycles. The molecule has 0 heterocycles. The molecule has 8 bridgehead atoms. The first-order valence-electron chi connectivity index (χ1n) is 13.8. The maximum Gasteiger partial charge on any atom is -0.00332 e. The van der Waals surface area contributed by atoms with Crippen LogP contribution in [-0.4, -0.2) is 0 Å². The van der Waals surface area contributed by atoms with Crippen LogP contribution in [0.4, 0.5) is 0 Å². The predicted octanol–water partition coefficient (Wildman–Crippen LogP) is 7.94. The van der Waals surface area contributed by atoms with E-state index < -0.39 is 0 Å². The first kappa shape index (κ1) is 18.8. The van der Waals surface area contributed by atoms with Gasteiger partial charge in [0.05, 0.1) is 0 Å². The van der Waals surface area contributed by atoms with Crippen molar-refractivity contribution in [3.05, 3.63) is 71.3 Å². The van der Waals surface area contributed by atoms with E-state index in [4.69, 9.17) is 0 Å². The van der Waals surface area contributed by atoms with Gasteiger partial charge in [0.2, 0.25) is 0 Å². The molecule has 0 N–H and O–H groups in total. The summed E-state index contributed by atoms with van der Waals surface area (Å²) in [5.41, 5.74) is 6.48. The highest BCUT2D eigenvalue weighted by molar-refractivity contribution is 5.40. The summed E-state index contributed by atoms with van der Waals surface area (Å²) in [5.74, 6) is 5.00. The Morgan fingerprint density at radius 2 is 0.781 bits per heavy atom. The van der Waals surface area contributed by atoms with Crippen LogP contribution < -0.4 is 0 Å². The Bertz CT molecular complexity index is 978.